The molecule has 0 radical (unpaired) electrons. The molecule has 1 N–H and O–H groups in total. The van der Waals surface area contributed by atoms with Gasteiger partial charge in [0.05, 0.1) is 0 Å². The zero-order valence-electron chi connectivity index (χ0n) is 11.2. The Morgan fingerprint density at radius 1 is 1.15 bits per heavy atom. The fourth-order valence-electron chi connectivity index (χ4n) is 3.12. The van der Waals surface area contributed by atoms with Gasteiger partial charge in [-0.1, -0.05) is 36.4 Å². The van der Waals surface area contributed by atoms with Crippen LogP contribution in [0, 0.1) is 5.92 Å². The Morgan fingerprint density at radius 3 is 2.55 bits per heavy atom. The maximum atomic E-state index is 12.5. The predicted octanol–water partition coefficient (Wildman–Crippen LogP) is 2.16. The monoisotopic (exact) mass is 271 g/mol. The smallest absolute Gasteiger partial charge is 0.331 e. The minimum Gasteiger partial charge on any atom is -0.479 e. The topological polar surface area (TPSA) is 57.6 Å². The molecule has 1 aromatic rings. The van der Waals surface area contributed by atoms with Gasteiger partial charge < -0.3 is 10.0 Å². The van der Waals surface area contributed by atoms with E-state index in [1.165, 1.54) is 0 Å². The maximum Gasteiger partial charge on any atom is 0.331 e. The summed E-state index contributed by atoms with van der Waals surface area (Å²) in [5.41, 5.74) is 1.79. The van der Waals surface area contributed by atoms with Crippen LogP contribution in [-0.2, 0) is 16.0 Å². The molecule has 1 aliphatic carbocycles. The van der Waals surface area contributed by atoms with Gasteiger partial charge in [-0.2, -0.15) is 0 Å². The summed E-state index contributed by atoms with van der Waals surface area (Å²) in [5, 5.41) is 9.54. The molecule has 0 saturated heterocycles. The summed E-state index contributed by atoms with van der Waals surface area (Å²) in [4.78, 5) is 25.7. The number of carbonyl (C=O) groups is 2. The number of allylic oxidation sites excluding steroid dienone is 2. The standard InChI is InChI=1S/C16H17NO3/c18-15(12-6-1-2-7-12)17-10-9-11-5-3-4-8-13(11)14(17)16(19)20/h1-5,8,12,14H,6-7,9-10H2,(H,19,20)/t14-/m0/s1. The van der Waals surface area contributed by atoms with Crippen molar-refractivity contribution in [3.63, 3.8) is 0 Å². The molecular formula is C16H17NO3. The molecule has 1 atom stereocenters. The number of rotatable bonds is 2. The van der Waals surface area contributed by atoms with Crippen LogP contribution in [-0.4, -0.2) is 28.4 Å². The molecule has 0 aromatic heterocycles. The molecule has 0 spiro atoms. The number of fused-ring (bicyclic) bond motifs is 1. The highest BCUT2D eigenvalue weighted by Gasteiger charge is 2.38. The molecule has 0 fully saturated rings. The summed E-state index contributed by atoms with van der Waals surface area (Å²) in [7, 11) is 0. The van der Waals surface area contributed by atoms with Crippen LogP contribution in [0.25, 0.3) is 0 Å². The number of benzene rings is 1. The molecule has 1 amide bonds. The van der Waals surface area contributed by atoms with Crippen LogP contribution in [0.4, 0.5) is 0 Å². The van der Waals surface area contributed by atoms with Crippen molar-refractivity contribution in [3.05, 3.63) is 47.5 Å². The van der Waals surface area contributed by atoms with Crippen molar-refractivity contribution in [1.82, 2.24) is 4.90 Å². The highest BCUT2D eigenvalue weighted by atomic mass is 16.4. The summed E-state index contributed by atoms with van der Waals surface area (Å²) in [5.74, 6) is -1.06. The van der Waals surface area contributed by atoms with Crippen LogP contribution in [0.15, 0.2) is 36.4 Å². The van der Waals surface area contributed by atoms with E-state index in [0.717, 1.165) is 30.4 Å². The number of carboxylic acid groups (broad SMARTS) is 1. The molecule has 4 heteroatoms. The molecular weight excluding hydrogens is 254 g/mol. The molecule has 1 aliphatic heterocycles. The number of carbonyl (C=O) groups excluding carboxylic acids is 1. The van der Waals surface area contributed by atoms with Crippen LogP contribution < -0.4 is 0 Å². The fraction of sp³-hybridized carbons (Fsp3) is 0.375. The van der Waals surface area contributed by atoms with Gasteiger partial charge in [0.1, 0.15) is 0 Å². The van der Waals surface area contributed by atoms with Gasteiger partial charge in [0.15, 0.2) is 6.04 Å². The number of hydrogen-bond acceptors (Lipinski definition) is 2. The first-order valence-corrected chi connectivity index (χ1v) is 6.94. The third-order valence-corrected chi connectivity index (χ3v) is 4.16. The predicted molar refractivity (Wildman–Crippen MR) is 74.1 cm³/mol. The van der Waals surface area contributed by atoms with E-state index in [-0.39, 0.29) is 11.8 Å². The first kappa shape index (κ1) is 12.9. The van der Waals surface area contributed by atoms with Crippen molar-refractivity contribution in [2.45, 2.75) is 25.3 Å². The second-order valence-corrected chi connectivity index (χ2v) is 5.36. The van der Waals surface area contributed by atoms with Gasteiger partial charge in [-0.05, 0) is 30.4 Å². The summed E-state index contributed by atoms with van der Waals surface area (Å²) >= 11 is 0. The van der Waals surface area contributed by atoms with Gasteiger partial charge in [0.2, 0.25) is 5.91 Å². The second-order valence-electron chi connectivity index (χ2n) is 5.36. The average molecular weight is 271 g/mol. The number of carboxylic acids is 1. The number of amides is 1. The molecule has 0 bridgehead atoms. The van der Waals surface area contributed by atoms with Crippen molar-refractivity contribution < 1.29 is 14.7 Å². The van der Waals surface area contributed by atoms with Gasteiger partial charge >= 0.3 is 5.97 Å². The highest BCUT2D eigenvalue weighted by molar-refractivity contribution is 5.87. The number of nitrogens with zero attached hydrogens (tertiary/aromatic N) is 1. The SMILES string of the molecule is O=C(O)[C@@H]1c2ccccc2CCN1C(=O)C1CC=CC1. The lowest BCUT2D eigenvalue weighted by molar-refractivity contribution is -0.153. The van der Waals surface area contributed by atoms with Crippen molar-refractivity contribution >= 4 is 11.9 Å². The Hall–Kier alpha value is -2.10. The van der Waals surface area contributed by atoms with Crippen LogP contribution >= 0.6 is 0 Å². The minimum atomic E-state index is -0.948. The highest BCUT2D eigenvalue weighted by Crippen LogP contribution is 2.33. The van der Waals surface area contributed by atoms with E-state index in [2.05, 4.69) is 0 Å². The van der Waals surface area contributed by atoms with E-state index < -0.39 is 12.0 Å². The Kier molecular flexibility index (Phi) is 3.30. The lowest BCUT2D eigenvalue weighted by Crippen LogP contribution is -2.45. The van der Waals surface area contributed by atoms with Crippen molar-refractivity contribution in [3.8, 4) is 0 Å². The molecule has 4 nitrogen and oxygen atoms in total. The van der Waals surface area contributed by atoms with E-state index in [4.69, 9.17) is 0 Å². The largest absolute Gasteiger partial charge is 0.479 e. The van der Waals surface area contributed by atoms with Gasteiger partial charge in [0, 0.05) is 12.5 Å². The lowest BCUT2D eigenvalue weighted by Gasteiger charge is -2.36. The molecule has 0 saturated carbocycles. The summed E-state index contributed by atoms with van der Waals surface area (Å²) in [6.45, 7) is 0.489. The first-order valence-electron chi connectivity index (χ1n) is 6.94. The van der Waals surface area contributed by atoms with E-state index in [1.807, 2.05) is 36.4 Å². The van der Waals surface area contributed by atoms with Crippen LogP contribution in [0.1, 0.15) is 30.0 Å². The number of hydrogen-bond donors (Lipinski definition) is 1. The van der Waals surface area contributed by atoms with E-state index in [9.17, 15) is 14.7 Å². The Bertz CT molecular complexity index is 571. The van der Waals surface area contributed by atoms with E-state index in [1.54, 1.807) is 4.90 Å². The van der Waals surface area contributed by atoms with Crippen molar-refractivity contribution in [2.24, 2.45) is 5.92 Å². The average Bonchev–Trinajstić information content (AvgIpc) is 2.99. The summed E-state index contributed by atoms with van der Waals surface area (Å²) in [6.07, 6.45) is 6.17. The zero-order valence-corrected chi connectivity index (χ0v) is 11.2. The molecule has 0 unspecified atom stereocenters. The molecule has 20 heavy (non-hydrogen) atoms. The third kappa shape index (κ3) is 2.11. The fourth-order valence-corrected chi connectivity index (χ4v) is 3.12. The third-order valence-electron chi connectivity index (χ3n) is 4.16. The van der Waals surface area contributed by atoms with Crippen molar-refractivity contribution in [2.75, 3.05) is 6.54 Å². The Labute approximate surface area is 117 Å². The van der Waals surface area contributed by atoms with Gasteiger partial charge in [0.25, 0.3) is 0 Å². The van der Waals surface area contributed by atoms with E-state index >= 15 is 0 Å². The zero-order chi connectivity index (χ0) is 14.1. The summed E-state index contributed by atoms with van der Waals surface area (Å²) < 4.78 is 0. The summed E-state index contributed by atoms with van der Waals surface area (Å²) in [6, 6.07) is 6.67. The molecule has 3 rings (SSSR count). The van der Waals surface area contributed by atoms with Crippen molar-refractivity contribution in [1.29, 1.82) is 0 Å². The van der Waals surface area contributed by atoms with Gasteiger partial charge in [-0.15, -0.1) is 0 Å². The number of aliphatic carboxylic acids is 1. The quantitative estimate of drug-likeness (QED) is 0.839. The molecule has 2 aliphatic rings. The molecule has 1 aromatic carbocycles. The molecule has 104 valence electrons. The maximum absolute atomic E-state index is 12.5. The van der Waals surface area contributed by atoms with Crippen LogP contribution in [0.3, 0.4) is 0 Å². The van der Waals surface area contributed by atoms with Gasteiger partial charge in [-0.3, -0.25) is 4.79 Å². The lowest BCUT2D eigenvalue weighted by atomic mass is 9.91. The Balaban J connectivity index is 1.92. The normalized spacial score (nSPS) is 21.8. The van der Waals surface area contributed by atoms with Crippen LogP contribution in [0.2, 0.25) is 0 Å². The minimum absolute atomic E-state index is 0.0306. The van der Waals surface area contributed by atoms with Crippen LogP contribution in [0.5, 0.6) is 0 Å². The Morgan fingerprint density at radius 2 is 1.85 bits per heavy atom. The second kappa shape index (κ2) is 5.12. The van der Waals surface area contributed by atoms with Gasteiger partial charge in [-0.25, -0.2) is 4.79 Å². The first-order chi connectivity index (χ1) is 9.68. The molecule has 1 heterocycles. The van der Waals surface area contributed by atoms with E-state index in [0.29, 0.717) is 6.54 Å².